The third-order valence-corrected chi connectivity index (χ3v) is 4.93. The Morgan fingerprint density at radius 2 is 1.54 bits per heavy atom. The summed E-state index contributed by atoms with van der Waals surface area (Å²) in [5.41, 5.74) is 12.1. The Bertz CT molecular complexity index is 1070. The van der Waals surface area contributed by atoms with Crippen LogP contribution in [0.25, 0.3) is 16.6 Å². The predicted molar refractivity (Wildman–Crippen MR) is 119 cm³/mol. The van der Waals surface area contributed by atoms with Crippen molar-refractivity contribution < 1.29 is 0 Å². The van der Waals surface area contributed by atoms with E-state index in [0.717, 1.165) is 24.3 Å². The maximum atomic E-state index is 6.33. The van der Waals surface area contributed by atoms with Crippen molar-refractivity contribution in [3.05, 3.63) is 96.2 Å². The van der Waals surface area contributed by atoms with Crippen molar-refractivity contribution in [2.45, 2.75) is 32.4 Å². The highest BCUT2D eigenvalue weighted by Crippen LogP contribution is 2.30. The second-order valence-electron chi connectivity index (χ2n) is 8.06. The summed E-state index contributed by atoms with van der Waals surface area (Å²) in [7, 11) is 0. The summed E-state index contributed by atoms with van der Waals surface area (Å²) in [4.78, 5) is 0. The molecule has 0 aliphatic heterocycles. The normalized spacial score (nSPS) is 11.7. The summed E-state index contributed by atoms with van der Waals surface area (Å²) in [5.74, 6) is 0. The van der Waals surface area contributed by atoms with Gasteiger partial charge >= 0.3 is 0 Å². The third kappa shape index (κ3) is 3.95. The number of rotatable bonds is 6. The number of fused-ring (bicyclic) bond motifs is 1. The van der Waals surface area contributed by atoms with Crippen LogP contribution >= 0.6 is 0 Å². The van der Waals surface area contributed by atoms with E-state index in [2.05, 4.69) is 103 Å². The van der Waals surface area contributed by atoms with E-state index in [1.54, 1.807) is 0 Å². The van der Waals surface area contributed by atoms with E-state index < -0.39 is 0 Å². The highest BCUT2D eigenvalue weighted by atomic mass is 15.0. The molecule has 3 nitrogen and oxygen atoms in total. The highest BCUT2D eigenvalue weighted by Gasteiger charge is 2.17. The quantitative estimate of drug-likeness (QED) is 0.470. The lowest BCUT2D eigenvalue weighted by Crippen LogP contribution is -2.34. The zero-order valence-corrected chi connectivity index (χ0v) is 16.5. The monoisotopic (exact) mass is 369 g/mol. The molecular formula is C25H27N3. The van der Waals surface area contributed by atoms with Crippen molar-refractivity contribution in [2.75, 3.05) is 5.32 Å². The number of benzene rings is 3. The summed E-state index contributed by atoms with van der Waals surface area (Å²) in [5, 5.41) is 4.87. The van der Waals surface area contributed by atoms with Gasteiger partial charge in [0, 0.05) is 23.7 Å². The molecule has 3 aromatic carbocycles. The molecule has 0 saturated heterocycles. The minimum atomic E-state index is -0.250. The van der Waals surface area contributed by atoms with Gasteiger partial charge in [0.05, 0.1) is 16.9 Å². The number of anilines is 1. The average molecular weight is 370 g/mol. The molecule has 0 atom stereocenters. The lowest BCUT2D eigenvalue weighted by molar-refractivity contribution is 0.518. The molecule has 0 bridgehead atoms. The van der Waals surface area contributed by atoms with Crippen LogP contribution < -0.4 is 11.1 Å². The van der Waals surface area contributed by atoms with Crippen LogP contribution in [0, 0.1) is 0 Å². The summed E-state index contributed by atoms with van der Waals surface area (Å²) >= 11 is 0. The Hall–Kier alpha value is -3.04. The fourth-order valence-electron chi connectivity index (χ4n) is 3.71. The van der Waals surface area contributed by atoms with Gasteiger partial charge in [0.1, 0.15) is 0 Å². The molecule has 0 radical (unpaired) electrons. The molecule has 4 aromatic rings. The molecule has 0 spiro atoms. The Morgan fingerprint density at radius 3 is 2.32 bits per heavy atom. The van der Waals surface area contributed by atoms with Gasteiger partial charge in [0.25, 0.3) is 0 Å². The number of hydrogen-bond donors (Lipinski definition) is 2. The SMILES string of the molecule is CC(C)(N)Cc1cn(-c2ccccc2NCc2ccccc2)c2ccccc12. The molecule has 0 saturated carbocycles. The number of nitrogens with one attached hydrogen (secondary N) is 1. The number of nitrogens with zero attached hydrogens (tertiary/aromatic N) is 1. The van der Waals surface area contributed by atoms with Gasteiger partial charge in [-0.1, -0.05) is 60.7 Å². The van der Waals surface area contributed by atoms with Crippen molar-refractivity contribution in [1.82, 2.24) is 4.57 Å². The fraction of sp³-hybridized carbons (Fsp3) is 0.200. The van der Waals surface area contributed by atoms with E-state index in [4.69, 9.17) is 5.73 Å². The van der Waals surface area contributed by atoms with Gasteiger partial charge < -0.3 is 15.6 Å². The first-order valence-corrected chi connectivity index (χ1v) is 9.76. The second-order valence-corrected chi connectivity index (χ2v) is 8.06. The van der Waals surface area contributed by atoms with E-state index in [9.17, 15) is 0 Å². The first-order valence-electron chi connectivity index (χ1n) is 9.76. The third-order valence-electron chi connectivity index (χ3n) is 4.93. The van der Waals surface area contributed by atoms with E-state index in [1.165, 1.54) is 22.0 Å². The van der Waals surface area contributed by atoms with Gasteiger partial charge in [0.15, 0.2) is 0 Å². The van der Waals surface area contributed by atoms with Crippen LogP contribution in [0.4, 0.5) is 5.69 Å². The standard InChI is InChI=1S/C25H27N3/c1-25(2,26)16-20-18-28(23-14-8-6-12-21(20)23)24-15-9-7-13-22(24)27-17-19-10-4-3-5-11-19/h3-15,18,27H,16-17,26H2,1-2H3. The van der Waals surface area contributed by atoms with Crippen molar-refractivity contribution in [3.8, 4) is 5.69 Å². The maximum absolute atomic E-state index is 6.33. The van der Waals surface area contributed by atoms with Crippen molar-refractivity contribution in [3.63, 3.8) is 0 Å². The molecule has 0 fully saturated rings. The van der Waals surface area contributed by atoms with Gasteiger partial charge in [-0.2, -0.15) is 0 Å². The molecule has 0 aliphatic rings. The minimum absolute atomic E-state index is 0.250. The fourth-order valence-corrected chi connectivity index (χ4v) is 3.71. The summed E-state index contributed by atoms with van der Waals surface area (Å²) in [6, 6.07) is 27.5. The van der Waals surface area contributed by atoms with Gasteiger partial charge in [-0.05, 0) is 49.6 Å². The zero-order chi connectivity index (χ0) is 19.6. The van der Waals surface area contributed by atoms with Crippen molar-refractivity contribution in [2.24, 2.45) is 5.73 Å². The minimum Gasteiger partial charge on any atom is -0.379 e. The van der Waals surface area contributed by atoms with Crippen LogP contribution in [-0.4, -0.2) is 10.1 Å². The van der Waals surface area contributed by atoms with Crippen molar-refractivity contribution in [1.29, 1.82) is 0 Å². The zero-order valence-electron chi connectivity index (χ0n) is 16.5. The number of para-hydroxylation sites is 3. The Labute approximate surface area is 166 Å². The highest BCUT2D eigenvalue weighted by molar-refractivity contribution is 5.87. The molecule has 142 valence electrons. The van der Waals surface area contributed by atoms with Crippen LogP contribution in [0.3, 0.4) is 0 Å². The predicted octanol–water partition coefficient (Wildman–Crippen LogP) is 5.52. The van der Waals surface area contributed by atoms with Crippen LogP contribution in [0.5, 0.6) is 0 Å². The molecule has 0 aliphatic carbocycles. The van der Waals surface area contributed by atoms with Crippen LogP contribution in [0.2, 0.25) is 0 Å². The average Bonchev–Trinajstić information content (AvgIpc) is 3.04. The lowest BCUT2D eigenvalue weighted by atomic mass is 9.96. The molecule has 0 amide bonds. The Kier molecular flexibility index (Phi) is 4.93. The number of hydrogen-bond acceptors (Lipinski definition) is 2. The second kappa shape index (κ2) is 7.53. The smallest absolute Gasteiger partial charge is 0.0688 e. The Balaban J connectivity index is 1.74. The van der Waals surface area contributed by atoms with Gasteiger partial charge in [-0.15, -0.1) is 0 Å². The molecule has 0 unspecified atom stereocenters. The first-order chi connectivity index (χ1) is 13.5. The number of nitrogens with two attached hydrogens (primary N) is 1. The Morgan fingerprint density at radius 1 is 0.857 bits per heavy atom. The summed E-state index contributed by atoms with van der Waals surface area (Å²) in [6.45, 7) is 4.95. The largest absolute Gasteiger partial charge is 0.379 e. The van der Waals surface area contributed by atoms with Crippen LogP contribution in [0.15, 0.2) is 85.1 Å². The first kappa shape index (κ1) is 18.3. The van der Waals surface area contributed by atoms with Crippen molar-refractivity contribution >= 4 is 16.6 Å². The van der Waals surface area contributed by atoms with E-state index in [-0.39, 0.29) is 5.54 Å². The molecule has 1 heterocycles. The van der Waals surface area contributed by atoms with Gasteiger partial charge in [-0.3, -0.25) is 0 Å². The van der Waals surface area contributed by atoms with Gasteiger partial charge in [-0.25, -0.2) is 0 Å². The topological polar surface area (TPSA) is 43.0 Å². The lowest BCUT2D eigenvalue weighted by Gasteiger charge is -2.17. The van der Waals surface area contributed by atoms with E-state index in [0.29, 0.717) is 0 Å². The van der Waals surface area contributed by atoms with Gasteiger partial charge in [0.2, 0.25) is 0 Å². The number of aromatic nitrogens is 1. The molecule has 4 rings (SSSR count). The summed E-state index contributed by atoms with van der Waals surface area (Å²) < 4.78 is 2.28. The molecule has 1 aromatic heterocycles. The molecule has 3 N–H and O–H groups in total. The van der Waals surface area contributed by atoms with E-state index >= 15 is 0 Å². The molecular weight excluding hydrogens is 342 g/mol. The summed E-state index contributed by atoms with van der Waals surface area (Å²) in [6.07, 6.45) is 3.07. The van der Waals surface area contributed by atoms with Crippen LogP contribution in [0.1, 0.15) is 25.0 Å². The molecule has 3 heteroatoms. The van der Waals surface area contributed by atoms with E-state index in [1.807, 2.05) is 6.07 Å². The molecule has 28 heavy (non-hydrogen) atoms. The van der Waals surface area contributed by atoms with Crippen LogP contribution in [-0.2, 0) is 13.0 Å². The maximum Gasteiger partial charge on any atom is 0.0688 e.